The average Bonchev–Trinajstić information content (AvgIpc) is 2.43. The quantitative estimate of drug-likeness (QED) is 0.652. The Balaban J connectivity index is 1.98. The third-order valence-electron chi connectivity index (χ3n) is 2.69. The van der Waals surface area contributed by atoms with Gasteiger partial charge in [0, 0.05) is 17.3 Å². The molecule has 0 saturated heterocycles. The maximum Gasteiger partial charge on any atom is 0.163 e. The van der Waals surface area contributed by atoms with Gasteiger partial charge in [-0.3, -0.25) is 0 Å². The fourth-order valence-corrected chi connectivity index (χ4v) is 2.64. The van der Waals surface area contributed by atoms with E-state index in [2.05, 4.69) is 15.3 Å². The van der Waals surface area contributed by atoms with Crippen LogP contribution in [0.3, 0.4) is 0 Å². The Hall–Kier alpha value is -1.63. The van der Waals surface area contributed by atoms with Crippen molar-refractivity contribution in [3.63, 3.8) is 0 Å². The molecule has 1 unspecified atom stereocenters. The van der Waals surface area contributed by atoms with Crippen molar-refractivity contribution >= 4 is 23.3 Å². The summed E-state index contributed by atoms with van der Waals surface area (Å²) in [7, 11) is 0. The Morgan fingerprint density at radius 2 is 2.11 bits per heavy atom. The third kappa shape index (κ3) is 1.94. The van der Waals surface area contributed by atoms with Crippen LogP contribution in [0.25, 0.3) is 0 Å². The number of fused-ring (bicyclic) bond motifs is 2. The molecule has 1 aromatic carbocycles. The van der Waals surface area contributed by atoms with Crippen LogP contribution in [0.5, 0.6) is 0 Å². The molecular weight excluding hydrogens is 250 g/mol. The highest BCUT2D eigenvalue weighted by Crippen LogP contribution is 2.42. The molecule has 3 N–H and O–H groups in total. The van der Waals surface area contributed by atoms with Gasteiger partial charge in [0.2, 0.25) is 0 Å². The number of hydrogen-bond donors (Lipinski definition) is 3. The van der Waals surface area contributed by atoms with Gasteiger partial charge in [-0.25, -0.2) is 9.97 Å². The monoisotopic (exact) mass is 261 g/mol. The third-order valence-corrected chi connectivity index (χ3v) is 3.75. The molecule has 0 aliphatic carbocycles. The summed E-state index contributed by atoms with van der Waals surface area (Å²) in [6.07, 6.45) is 2.43. The highest BCUT2D eigenvalue weighted by Gasteiger charge is 2.18. The van der Waals surface area contributed by atoms with E-state index < -0.39 is 6.10 Å². The van der Waals surface area contributed by atoms with E-state index in [1.807, 2.05) is 12.1 Å². The second-order valence-electron chi connectivity index (χ2n) is 3.89. The van der Waals surface area contributed by atoms with Crippen LogP contribution in [0.15, 0.2) is 40.5 Å². The lowest BCUT2D eigenvalue weighted by Gasteiger charge is -2.20. The minimum atomic E-state index is -0.856. The summed E-state index contributed by atoms with van der Waals surface area (Å²) in [5, 5.41) is 22.6. The molecular formula is C12H11N3O2S. The number of nitrogens with one attached hydrogen (secondary N) is 1. The fraction of sp³-hybridized carbons (Fsp3) is 0.167. The fourth-order valence-electron chi connectivity index (χ4n) is 1.76. The molecule has 0 amide bonds. The van der Waals surface area contributed by atoms with Crippen molar-refractivity contribution in [2.24, 2.45) is 0 Å². The lowest BCUT2D eigenvalue weighted by atomic mass is 10.1. The number of nitrogens with zero attached hydrogens (tertiary/aromatic N) is 2. The maximum absolute atomic E-state index is 9.61. The van der Waals surface area contributed by atoms with Crippen molar-refractivity contribution in [1.29, 1.82) is 0 Å². The lowest BCUT2D eigenvalue weighted by molar-refractivity contribution is 0.0956. The van der Waals surface area contributed by atoms with Gasteiger partial charge < -0.3 is 15.5 Å². The molecule has 0 saturated carbocycles. The zero-order valence-corrected chi connectivity index (χ0v) is 10.2. The molecule has 1 aliphatic rings. The highest BCUT2D eigenvalue weighted by atomic mass is 32.2. The van der Waals surface area contributed by atoms with Gasteiger partial charge in [-0.05, 0) is 17.7 Å². The van der Waals surface area contributed by atoms with E-state index in [0.29, 0.717) is 11.4 Å². The molecule has 1 aromatic heterocycles. The lowest BCUT2D eigenvalue weighted by Crippen LogP contribution is -2.07. The molecule has 1 aliphatic heterocycles. The molecule has 92 valence electrons. The van der Waals surface area contributed by atoms with Crippen LogP contribution in [-0.2, 0) is 0 Å². The van der Waals surface area contributed by atoms with E-state index in [0.717, 1.165) is 15.6 Å². The number of aliphatic hydroxyl groups excluding tert-OH is 2. The van der Waals surface area contributed by atoms with E-state index >= 15 is 0 Å². The first-order valence-electron chi connectivity index (χ1n) is 5.46. The number of anilines is 2. The van der Waals surface area contributed by atoms with Gasteiger partial charge in [0.05, 0.1) is 12.3 Å². The normalized spacial score (nSPS) is 14.3. The van der Waals surface area contributed by atoms with Crippen molar-refractivity contribution in [2.45, 2.75) is 16.0 Å². The Morgan fingerprint density at radius 3 is 2.94 bits per heavy atom. The van der Waals surface area contributed by atoms with Crippen LogP contribution < -0.4 is 5.32 Å². The molecule has 5 nitrogen and oxygen atoms in total. The molecule has 0 spiro atoms. The summed E-state index contributed by atoms with van der Waals surface area (Å²) in [4.78, 5) is 9.47. The highest BCUT2D eigenvalue weighted by molar-refractivity contribution is 7.99. The van der Waals surface area contributed by atoms with Crippen LogP contribution >= 0.6 is 11.8 Å². The average molecular weight is 261 g/mol. The summed E-state index contributed by atoms with van der Waals surface area (Å²) < 4.78 is 0. The van der Waals surface area contributed by atoms with Crippen LogP contribution in [0.1, 0.15) is 11.7 Å². The second kappa shape index (κ2) is 4.56. The Morgan fingerprint density at radius 1 is 1.28 bits per heavy atom. The van der Waals surface area contributed by atoms with Crippen LogP contribution in [0, 0.1) is 0 Å². The first kappa shape index (κ1) is 11.5. The Bertz CT molecular complexity index is 591. The van der Waals surface area contributed by atoms with Crippen molar-refractivity contribution in [2.75, 3.05) is 11.9 Å². The van der Waals surface area contributed by atoms with E-state index in [1.165, 1.54) is 11.8 Å². The predicted octanol–water partition coefficient (Wildman–Crippen LogP) is 1.71. The zero-order chi connectivity index (χ0) is 12.5. The van der Waals surface area contributed by atoms with Crippen LogP contribution in [0.2, 0.25) is 0 Å². The van der Waals surface area contributed by atoms with Gasteiger partial charge in [-0.15, -0.1) is 0 Å². The minimum absolute atomic E-state index is 0.289. The maximum atomic E-state index is 9.61. The van der Waals surface area contributed by atoms with Crippen molar-refractivity contribution in [1.82, 2.24) is 9.97 Å². The SMILES string of the molecule is OCC(O)c1ccc2c(c1)Nc1nccnc1S2. The van der Waals surface area contributed by atoms with Gasteiger partial charge in [-0.1, -0.05) is 17.8 Å². The van der Waals surface area contributed by atoms with Crippen molar-refractivity contribution < 1.29 is 10.2 Å². The molecule has 2 heterocycles. The number of aromatic nitrogens is 2. The van der Waals surface area contributed by atoms with Crippen LogP contribution in [-0.4, -0.2) is 26.8 Å². The summed E-state index contributed by atoms with van der Waals surface area (Å²) in [6, 6.07) is 5.52. The zero-order valence-electron chi connectivity index (χ0n) is 9.37. The van der Waals surface area contributed by atoms with Gasteiger partial charge in [0.15, 0.2) is 5.82 Å². The molecule has 2 aromatic rings. The first-order valence-corrected chi connectivity index (χ1v) is 6.28. The topological polar surface area (TPSA) is 78.3 Å². The molecule has 1 atom stereocenters. The summed E-state index contributed by atoms with van der Waals surface area (Å²) in [5.41, 5.74) is 1.55. The standard InChI is InChI=1S/C12H11N3O2S/c16-6-9(17)7-1-2-10-8(5-7)15-11-12(18-10)14-4-3-13-11/h1-5,9,16-17H,6H2,(H,13,15). The van der Waals surface area contributed by atoms with E-state index in [9.17, 15) is 5.11 Å². The van der Waals surface area contributed by atoms with Crippen LogP contribution in [0.4, 0.5) is 11.5 Å². The van der Waals surface area contributed by atoms with Crippen molar-refractivity contribution in [3.05, 3.63) is 36.2 Å². The van der Waals surface area contributed by atoms with Gasteiger partial charge in [0.1, 0.15) is 11.1 Å². The minimum Gasteiger partial charge on any atom is -0.393 e. The Labute approximate surface area is 108 Å². The molecule has 6 heteroatoms. The Kier molecular flexibility index (Phi) is 2.91. The smallest absolute Gasteiger partial charge is 0.163 e. The summed E-state index contributed by atoms with van der Waals surface area (Å²) >= 11 is 1.53. The van der Waals surface area contributed by atoms with E-state index in [-0.39, 0.29) is 6.61 Å². The van der Waals surface area contributed by atoms with Crippen molar-refractivity contribution in [3.8, 4) is 0 Å². The van der Waals surface area contributed by atoms with Gasteiger partial charge in [0.25, 0.3) is 0 Å². The van der Waals surface area contributed by atoms with E-state index in [4.69, 9.17) is 5.11 Å². The van der Waals surface area contributed by atoms with Gasteiger partial charge in [-0.2, -0.15) is 0 Å². The number of aliphatic hydroxyl groups is 2. The summed E-state index contributed by atoms with van der Waals surface area (Å²) in [5.74, 6) is 0.714. The molecule has 18 heavy (non-hydrogen) atoms. The van der Waals surface area contributed by atoms with Gasteiger partial charge >= 0.3 is 0 Å². The van der Waals surface area contributed by atoms with E-state index in [1.54, 1.807) is 18.5 Å². The molecule has 3 rings (SSSR count). The molecule has 0 bridgehead atoms. The molecule has 0 fully saturated rings. The largest absolute Gasteiger partial charge is 0.393 e. The second-order valence-corrected chi connectivity index (χ2v) is 4.92. The molecule has 0 radical (unpaired) electrons. The number of rotatable bonds is 2. The predicted molar refractivity (Wildman–Crippen MR) is 67.9 cm³/mol. The number of hydrogen-bond acceptors (Lipinski definition) is 6. The number of benzene rings is 1. The first-order chi connectivity index (χ1) is 8.78. The summed E-state index contributed by atoms with van der Waals surface area (Å²) in [6.45, 7) is -0.289.